The van der Waals surface area contributed by atoms with E-state index >= 15 is 0 Å². The van der Waals surface area contributed by atoms with E-state index in [1.165, 1.54) is 0 Å². The molecule has 0 spiro atoms. The van der Waals surface area contributed by atoms with Crippen molar-refractivity contribution < 1.29 is 19.1 Å². The van der Waals surface area contributed by atoms with Gasteiger partial charge in [-0.05, 0) is 12.8 Å². The summed E-state index contributed by atoms with van der Waals surface area (Å²) in [7, 11) is 0. The molecule has 1 fully saturated rings. The molecule has 0 aromatic carbocycles. The van der Waals surface area contributed by atoms with Crippen molar-refractivity contribution in [2.24, 2.45) is 0 Å². The summed E-state index contributed by atoms with van der Waals surface area (Å²) in [5.41, 5.74) is -0.0887. The van der Waals surface area contributed by atoms with Crippen molar-refractivity contribution in [3.8, 4) is 0 Å². The van der Waals surface area contributed by atoms with Crippen LogP contribution in [0.4, 0.5) is 6.01 Å². The van der Waals surface area contributed by atoms with Crippen LogP contribution in [0.15, 0.2) is 10.7 Å². The number of nitrogens with one attached hydrogen (secondary N) is 1. The van der Waals surface area contributed by atoms with Gasteiger partial charge < -0.3 is 19.6 Å². The van der Waals surface area contributed by atoms with E-state index in [9.17, 15) is 4.79 Å². The summed E-state index contributed by atoms with van der Waals surface area (Å²) in [5.74, 6) is -1.09. The molecule has 6 nitrogen and oxygen atoms in total. The Morgan fingerprint density at radius 3 is 3.13 bits per heavy atom. The number of ether oxygens (including phenoxy) is 1. The molecule has 0 saturated carbocycles. The van der Waals surface area contributed by atoms with Crippen molar-refractivity contribution >= 4 is 12.0 Å². The van der Waals surface area contributed by atoms with Crippen LogP contribution in [0.2, 0.25) is 0 Å². The first kappa shape index (κ1) is 9.97. The molecule has 1 aliphatic rings. The fourth-order valence-electron chi connectivity index (χ4n) is 1.47. The molecule has 6 heteroatoms. The van der Waals surface area contributed by atoms with Crippen molar-refractivity contribution in [1.82, 2.24) is 4.98 Å². The van der Waals surface area contributed by atoms with Gasteiger partial charge in [0.25, 0.3) is 6.01 Å². The molecule has 2 rings (SSSR count). The number of carbonyl (C=O) groups is 1. The molecular formula is C9H12N2O4. The normalized spacial score (nSPS) is 21.2. The van der Waals surface area contributed by atoms with E-state index < -0.39 is 5.97 Å². The average Bonchev–Trinajstić information content (AvgIpc) is 2.68. The second-order valence-electron chi connectivity index (χ2n) is 3.40. The lowest BCUT2D eigenvalue weighted by Gasteiger charge is -2.21. The van der Waals surface area contributed by atoms with Gasteiger partial charge in [-0.25, -0.2) is 4.79 Å². The highest BCUT2D eigenvalue weighted by Gasteiger charge is 2.17. The fourth-order valence-corrected chi connectivity index (χ4v) is 1.47. The highest BCUT2D eigenvalue weighted by Crippen LogP contribution is 2.13. The van der Waals surface area contributed by atoms with Gasteiger partial charge in [0.15, 0.2) is 5.69 Å². The molecule has 1 aromatic heterocycles. The van der Waals surface area contributed by atoms with Crippen molar-refractivity contribution in [3.05, 3.63) is 12.0 Å². The van der Waals surface area contributed by atoms with Crippen LogP contribution in [-0.2, 0) is 4.74 Å². The third-order valence-electron chi connectivity index (χ3n) is 2.21. The Morgan fingerprint density at radius 1 is 1.67 bits per heavy atom. The third kappa shape index (κ3) is 2.47. The third-order valence-corrected chi connectivity index (χ3v) is 2.21. The molecule has 2 N–H and O–H groups in total. The minimum Gasteiger partial charge on any atom is -0.476 e. The molecule has 1 saturated heterocycles. The van der Waals surface area contributed by atoms with E-state index in [4.69, 9.17) is 14.3 Å². The topological polar surface area (TPSA) is 84.6 Å². The smallest absolute Gasteiger partial charge is 0.357 e. The molecule has 2 heterocycles. The van der Waals surface area contributed by atoms with Crippen LogP contribution in [0.25, 0.3) is 0 Å². The zero-order valence-electron chi connectivity index (χ0n) is 8.10. The van der Waals surface area contributed by atoms with Gasteiger partial charge in [-0.15, -0.1) is 0 Å². The van der Waals surface area contributed by atoms with Crippen molar-refractivity contribution in [2.75, 3.05) is 18.5 Å². The lowest BCUT2D eigenvalue weighted by Crippen LogP contribution is -2.30. The first-order valence-corrected chi connectivity index (χ1v) is 4.79. The first-order chi connectivity index (χ1) is 7.25. The minimum atomic E-state index is -1.09. The molecule has 1 aliphatic heterocycles. The number of aromatic carboxylic acids is 1. The SMILES string of the molecule is O=C(O)c1coc(NC2CCCOC2)n1. The Kier molecular flexibility index (Phi) is 2.86. The van der Waals surface area contributed by atoms with E-state index in [1.807, 2.05) is 0 Å². The lowest BCUT2D eigenvalue weighted by atomic mass is 10.1. The monoisotopic (exact) mass is 212 g/mol. The Balaban J connectivity index is 1.94. The maximum atomic E-state index is 10.5. The van der Waals surface area contributed by atoms with Crippen LogP contribution in [0.3, 0.4) is 0 Å². The molecule has 0 bridgehead atoms. The van der Waals surface area contributed by atoms with Crippen molar-refractivity contribution in [3.63, 3.8) is 0 Å². The summed E-state index contributed by atoms with van der Waals surface area (Å²) < 4.78 is 10.2. The van der Waals surface area contributed by atoms with Gasteiger partial charge in [-0.1, -0.05) is 0 Å². The van der Waals surface area contributed by atoms with Gasteiger partial charge in [0, 0.05) is 6.61 Å². The minimum absolute atomic E-state index is 0.0887. The molecule has 1 atom stereocenters. The Morgan fingerprint density at radius 2 is 2.53 bits per heavy atom. The van der Waals surface area contributed by atoms with Gasteiger partial charge in [0.1, 0.15) is 6.26 Å². The number of carboxylic acid groups (broad SMARTS) is 1. The van der Waals surface area contributed by atoms with Crippen molar-refractivity contribution in [2.45, 2.75) is 18.9 Å². The molecule has 1 aromatic rings. The van der Waals surface area contributed by atoms with E-state index in [0.717, 1.165) is 25.7 Å². The van der Waals surface area contributed by atoms with E-state index in [-0.39, 0.29) is 17.8 Å². The van der Waals surface area contributed by atoms with Crippen LogP contribution in [0.5, 0.6) is 0 Å². The number of hydrogen-bond donors (Lipinski definition) is 2. The average molecular weight is 212 g/mol. The van der Waals surface area contributed by atoms with Gasteiger partial charge in [-0.2, -0.15) is 4.98 Å². The Bertz CT molecular complexity index is 344. The second kappa shape index (κ2) is 4.31. The standard InChI is InChI=1S/C9H12N2O4/c12-8(13)7-5-15-9(11-7)10-6-2-1-3-14-4-6/h5-6H,1-4H2,(H,10,11)(H,12,13). The fraction of sp³-hybridized carbons (Fsp3) is 0.556. The zero-order valence-corrected chi connectivity index (χ0v) is 8.10. The number of carboxylic acids is 1. The maximum Gasteiger partial charge on any atom is 0.357 e. The maximum absolute atomic E-state index is 10.5. The van der Waals surface area contributed by atoms with E-state index in [2.05, 4.69) is 10.3 Å². The summed E-state index contributed by atoms with van der Waals surface area (Å²) in [6, 6.07) is 0.391. The van der Waals surface area contributed by atoms with Crippen LogP contribution >= 0.6 is 0 Å². The van der Waals surface area contributed by atoms with E-state index in [0.29, 0.717) is 6.61 Å². The molecular weight excluding hydrogens is 200 g/mol. The van der Waals surface area contributed by atoms with Crippen LogP contribution in [0, 0.1) is 0 Å². The highest BCUT2D eigenvalue weighted by atomic mass is 16.5. The molecule has 0 radical (unpaired) electrons. The summed E-state index contributed by atoms with van der Waals surface area (Å²) in [6.07, 6.45) is 3.09. The summed E-state index contributed by atoms with van der Waals surface area (Å²) in [6.45, 7) is 1.38. The van der Waals surface area contributed by atoms with Gasteiger partial charge in [0.05, 0.1) is 12.6 Å². The van der Waals surface area contributed by atoms with Gasteiger partial charge >= 0.3 is 5.97 Å². The number of oxazole rings is 1. The van der Waals surface area contributed by atoms with Gasteiger partial charge in [0.2, 0.25) is 0 Å². The van der Waals surface area contributed by atoms with Crippen LogP contribution in [0.1, 0.15) is 23.3 Å². The van der Waals surface area contributed by atoms with Crippen LogP contribution < -0.4 is 5.32 Å². The quantitative estimate of drug-likeness (QED) is 0.776. The zero-order chi connectivity index (χ0) is 10.7. The lowest BCUT2D eigenvalue weighted by molar-refractivity contribution is 0.0690. The Hall–Kier alpha value is -1.56. The number of nitrogens with zero attached hydrogens (tertiary/aromatic N) is 1. The summed E-state index contributed by atoms with van der Waals surface area (Å²) >= 11 is 0. The predicted octanol–water partition coefficient (Wildman–Crippen LogP) is 0.964. The predicted molar refractivity (Wildman–Crippen MR) is 50.9 cm³/mol. The summed E-state index contributed by atoms with van der Waals surface area (Å²) in [4.78, 5) is 14.3. The molecule has 1 unspecified atom stereocenters. The molecule has 0 amide bonds. The Labute approximate surface area is 86.2 Å². The molecule has 82 valence electrons. The number of anilines is 1. The largest absolute Gasteiger partial charge is 0.476 e. The number of hydrogen-bond acceptors (Lipinski definition) is 5. The van der Waals surface area contributed by atoms with Crippen LogP contribution in [-0.4, -0.2) is 35.3 Å². The number of rotatable bonds is 3. The van der Waals surface area contributed by atoms with Gasteiger partial charge in [-0.3, -0.25) is 0 Å². The first-order valence-electron chi connectivity index (χ1n) is 4.79. The number of aromatic nitrogens is 1. The second-order valence-corrected chi connectivity index (χ2v) is 3.40. The van der Waals surface area contributed by atoms with Crippen molar-refractivity contribution in [1.29, 1.82) is 0 Å². The van der Waals surface area contributed by atoms with E-state index in [1.54, 1.807) is 0 Å². The summed E-state index contributed by atoms with van der Waals surface area (Å²) in [5, 5.41) is 11.6. The highest BCUT2D eigenvalue weighted by molar-refractivity contribution is 5.85. The molecule has 15 heavy (non-hydrogen) atoms. The molecule has 0 aliphatic carbocycles.